The van der Waals surface area contributed by atoms with Crippen LogP contribution in [0.5, 0.6) is 5.75 Å². The Bertz CT molecular complexity index is 967. The third kappa shape index (κ3) is 6.78. The zero-order valence-electron chi connectivity index (χ0n) is 18.4. The maximum atomic E-state index is 12.6. The van der Waals surface area contributed by atoms with Crippen molar-refractivity contribution in [2.45, 2.75) is 25.6 Å². The fourth-order valence-corrected chi connectivity index (χ4v) is 4.84. The Hall–Kier alpha value is -2.42. The third-order valence-electron chi connectivity index (χ3n) is 5.32. The van der Waals surface area contributed by atoms with Crippen LogP contribution in [-0.2, 0) is 15.8 Å². The zero-order chi connectivity index (χ0) is 22.4. The van der Waals surface area contributed by atoms with Gasteiger partial charge in [-0.1, -0.05) is 29.8 Å². The average Bonchev–Trinajstić information content (AvgIpc) is 2.74. The van der Waals surface area contributed by atoms with Crippen molar-refractivity contribution in [1.29, 1.82) is 0 Å². The molecule has 0 aliphatic carbocycles. The number of likely N-dealkylation sites (N-methyl/N-ethyl adjacent to an activating group) is 1. The van der Waals surface area contributed by atoms with Gasteiger partial charge in [-0.05, 0) is 50.7 Å². The van der Waals surface area contributed by atoms with E-state index < -0.39 is 10.0 Å². The van der Waals surface area contributed by atoms with E-state index in [-0.39, 0.29) is 17.7 Å². The highest BCUT2D eigenvalue weighted by Gasteiger charge is 2.25. The minimum atomic E-state index is -3.36. The molecule has 0 spiro atoms. The van der Waals surface area contributed by atoms with Crippen molar-refractivity contribution in [2.75, 3.05) is 39.8 Å². The first-order valence-corrected chi connectivity index (χ1v) is 12.1. The molecular formula is C23H31N3O4S. The molecule has 31 heavy (non-hydrogen) atoms. The fraction of sp³-hybridized carbons (Fsp3) is 0.435. The Kier molecular flexibility index (Phi) is 7.69. The van der Waals surface area contributed by atoms with Crippen molar-refractivity contribution in [1.82, 2.24) is 14.5 Å². The van der Waals surface area contributed by atoms with Crippen molar-refractivity contribution >= 4 is 15.9 Å². The van der Waals surface area contributed by atoms with Gasteiger partial charge in [0.15, 0.2) is 0 Å². The summed E-state index contributed by atoms with van der Waals surface area (Å²) in [5, 5.41) is 2.91. The molecular weight excluding hydrogens is 414 g/mol. The molecule has 1 heterocycles. The monoisotopic (exact) mass is 445 g/mol. The quantitative estimate of drug-likeness (QED) is 0.674. The number of nitrogens with one attached hydrogen (secondary N) is 1. The van der Waals surface area contributed by atoms with Crippen molar-refractivity contribution in [3.63, 3.8) is 0 Å². The highest BCUT2D eigenvalue weighted by atomic mass is 32.2. The van der Waals surface area contributed by atoms with E-state index in [9.17, 15) is 13.2 Å². The van der Waals surface area contributed by atoms with E-state index in [4.69, 9.17) is 4.74 Å². The van der Waals surface area contributed by atoms with Crippen molar-refractivity contribution in [3.05, 3.63) is 65.2 Å². The van der Waals surface area contributed by atoms with Gasteiger partial charge in [-0.3, -0.25) is 4.79 Å². The first-order valence-electron chi connectivity index (χ1n) is 10.5. The van der Waals surface area contributed by atoms with Gasteiger partial charge in [0.05, 0.1) is 11.8 Å². The molecule has 0 radical (unpaired) electrons. The summed E-state index contributed by atoms with van der Waals surface area (Å²) < 4.78 is 32.5. The van der Waals surface area contributed by atoms with Gasteiger partial charge in [0, 0.05) is 31.7 Å². The SMILES string of the molecule is Cc1ccc(OCC(C)NC(=O)c2ccc(CS(=O)(=O)N3CCN(C)CC3)cc2)cc1. The molecule has 7 nitrogen and oxygen atoms in total. The topological polar surface area (TPSA) is 78.9 Å². The Morgan fingerprint density at radius 2 is 1.65 bits per heavy atom. The minimum absolute atomic E-state index is 0.0561. The number of nitrogens with zero attached hydrogens (tertiary/aromatic N) is 2. The highest BCUT2D eigenvalue weighted by molar-refractivity contribution is 7.88. The van der Waals surface area contributed by atoms with Crippen LogP contribution in [0.1, 0.15) is 28.4 Å². The van der Waals surface area contributed by atoms with E-state index >= 15 is 0 Å². The van der Waals surface area contributed by atoms with E-state index in [1.165, 1.54) is 0 Å². The second-order valence-corrected chi connectivity index (χ2v) is 10.1. The van der Waals surface area contributed by atoms with Crippen LogP contribution in [0, 0.1) is 6.92 Å². The van der Waals surface area contributed by atoms with Crippen LogP contribution in [0.25, 0.3) is 0 Å². The number of rotatable bonds is 8. The summed E-state index contributed by atoms with van der Waals surface area (Å²) in [4.78, 5) is 14.6. The molecule has 2 aromatic carbocycles. The lowest BCUT2D eigenvalue weighted by molar-refractivity contribution is 0.0926. The normalized spacial score (nSPS) is 16.6. The summed E-state index contributed by atoms with van der Waals surface area (Å²) in [6.07, 6.45) is 0. The van der Waals surface area contributed by atoms with Gasteiger partial charge in [0.1, 0.15) is 12.4 Å². The van der Waals surface area contributed by atoms with Crippen molar-refractivity contribution in [3.8, 4) is 5.75 Å². The maximum absolute atomic E-state index is 12.6. The largest absolute Gasteiger partial charge is 0.491 e. The van der Waals surface area contributed by atoms with E-state index in [0.29, 0.717) is 30.8 Å². The molecule has 168 valence electrons. The number of hydrogen-bond donors (Lipinski definition) is 1. The fourth-order valence-electron chi connectivity index (χ4n) is 3.33. The smallest absolute Gasteiger partial charge is 0.251 e. The Balaban J connectivity index is 1.50. The predicted molar refractivity (Wildman–Crippen MR) is 122 cm³/mol. The van der Waals surface area contributed by atoms with Crippen molar-refractivity contribution in [2.24, 2.45) is 0 Å². The number of benzene rings is 2. The lowest BCUT2D eigenvalue weighted by Gasteiger charge is -2.31. The molecule has 1 N–H and O–H groups in total. The molecule has 1 unspecified atom stereocenters. The zero-order valence-corrected chi connectivity index (χ0v) is 19.2. The summed E-state index contributed by atoms with van der Waals surface area (Å²) in [7, 11) is -1.37. The predicted octanol–water partition coefficient (Wildman–Crippen LogP) is 2.27. The third-order valence-corrected chi connectivity index (χ3v) is 7.17. The van der Waals surface area contributed by atoms with Gasteiger partial charge in [-0.2, -0.15) is 4.31 Å². The number of carbonyl (C=O) groups is 1. The van der Waals surface area contributed by atoms with Crippen LogP contribution in [-0.4, -0.2) is 69.4 Å². The van der Waals surface area contributed by atoms with Gasteiger partial charge in [0.25, 0.3) is 5.91 Å². The number of ether oxygens (including phenoxy) is 1. The molecule has 2 aromatic rings. The summed E-state index contributed by atoms with van der Waals surface area (Å²) in [6.45, 7) is 6.76. The molecule has 1 aliphatic heterocycles. The van der Waals surface area contributed by atoms with E-state index in [1.807, 2.05) is 45.2 Å². The van der Waals surface area contributed by atoms with Crippen LogP contribution in [0.15, 0.2) is 48.5 Å². The van der Waals surface area contributed by atoms with E-state index in [1.54, 1.807) is 28.6 Å². The van der Waals surface area contributed by atoms with E-state index in [0.717, 1.165) is 24.4 Å². The van der Waals surface area contributed by atoms with Crippen LogP contribution in [0.2, 0.25) is 0 Å². The first kappa shape index (κ1) is 23.2. The van der Waals surface area contributed by atoms with Crippen LogP contribution >= 0.6 is 0 Å². The van der Waals surface area contributed by atoms with Crippen LogP contribution < -0.4 is 10.1 Å². The Morgan fingerprint density at radius 3 is 2.26 bits per heavy atom. The maximum Gasteiger partial charge on any atom is 0.251 e. The summed E-state index contributed by atoms with van der Waals surface area (Å²) >= 11 is 0. The molecule has 0 aromatic heterocycles. The van der Waals surface area contributed by atoms with Crippen LogP contribution in [0.3, 0.4) is 0 Å². The Morgan fingerprint density at radius 1 is 1.03 bits per heavy atom. The Labute approximate surface area is 185 Å². The summed E-state index contributed by atoms with van der Waals surface area (Å²) in [6, 6.07) is 14.3. The van der Waals surface area contributed by atoms with Gasteiger partial charge in [0.2, 0.25) is 10.0 Å². The number of amides is 1. The molecule has 8 heteroatoms. The molecule has 0 saturated carbocycles. The van der Waals surface area contributed by atoms with Gasteiger partial charge in [-0.15, -0.1) is 0 Å². The second-order valence-electron chi connectivity index (χ2n) is 8.15. The van der Waals surface area contributed by atoms with Gasteiger partial charge in [-0.25, -0.2) is 8.42 Å². The van der Waals surface area contributed by atoms with Crippen molar-refractivity contribution < 1.29 is 17.9 Å². The standard InChI is InChI=1S/C23H31N3O4S/c1-18-4-10-22(11-5-18)30-16-19(2)24-23(27)21-8-6-20(7-9-21)17-31(28,29)26-14-12-25(3)13-15-26/h4-11,19H,12-17H2,1-3H3,(H,24,27). The summed E-state index contributed by atoms with van der Waals surface area (Å²) in [5.74, 6) is 0.491. The average molecular weight is 446 g/mol. The molecule has 1 saturated heterocycles. The number of hydrogen-bond acceptors (Lipinski definition) is 5. The molecule has 1 fully saturated rings. The minimum Gasteiger partial charge on any atom is -0.491 e. The molecule has 3 rings (SSSR count). The molecule has 1 atom stereocenters. The van der Waals surface area contributed by atoms with E-state index in [2.05, 4.69) is 10.2 Å². The number of aryl methyl sites for hydroxylation is 1. The second kappa shape index (κ2) is 10.3. The molecule has 1 amide bonds. The van der Waals surface area contributed by atoms with Gasteiger partial charge >= 0.3 is 0 Å². The number of carbonyl (C=O) groups excluding carboxylic acids is 1. The molecule has 0 bridgehead atoms. The van der Waals surface area contributed by atoms with Gasteiger partial charge < -0.3 is 15.0 Å². The number of piperazine rings is 1. The molecule has 1 aliphatic rings. The summed E-state index contributed by atoms with van der Waals surface area (Å²) in [5.41, 5.74) is 2.32. The lowest BCUT2D eigenvalue weighted by atomic mass is 10.1. The lowest BCUT2D eigenvalue weighted by Crippen LogP contribution is -2.47. The highest BCUT2D eigenvalue weighted by Crippen LogP contribution is 2.15. The number of sulfonamides is 1. The first-order chi connectivity index (χ1) is 14.7. The van der Waals surface area contributed by atoms with Crippen LogP contribution in [0.4, 0.5) is 0 Å².